The molecule has 0 bridgehead atoms. The lowest BCUT2D eigenvalue weighted by atomic mass is 10.1. The molecule has 1 aromatic heterocycles. The Bertz CT molecular complexity index is 644. The van der Waals surface area contributed by atoms with Gasteiger partial charge >= 0.3 is 0 Å². The third kappa shape index (κ3) is 2.79. The van der Waals surface area contributed by atoms with E-state index in [1.165, 1.54) is 0 Å². The molecule has 4 nitrogen and oxygen atoms in total. The highest BCUT2D eigenvalue weighted by atomic mass is 16.5. The molecule has 21 heavy (non-hydrogen) atoms. The van der Waals surface area contributed by atoms with Gasteiger partial charge in [0.2, 0.25) is 0 Å². The fraction of sp³-hybridized carbons (Fsp3) is 0.353. The minimum atomic E-state index is 0.0520. The number of nitrogens with zero attached hydrogens (tertiary/aromatic N) is 2. The highest BCUT2D eigenvalue weighted by Gasteiger charge is 2.34. The summed E-state index contributed by atoms with van der Waals surface area (Å²) in [4.78, 5) is 14.8. The SMILES string of the molecule is COc1ccccc1C(=O)N(Cc1cccn1C)C1CC1. The van der Waals surface area contributed by atoms with E-state index in [0.29, 0.717) is 23.9 Å². The van der Waals surface area contributed by atoms with Crippen LogP contribution >= 0.6 is 0 Å². The Morgan fingerprint density at radius 1 is 1.29 bits per heavy atom. The zero-order valence-electron chi connectivity index (χ0n) is 12.5. The Labute approximate surface area is 124 Å². The molecular weight excluding hydrogens is 264 g/mol. The Hall–Kier alpha value is -2.23. The number of aryl methyl sites for hydroxylation is 1. The van der Waals surface area contributed by atoms with E-state index in [9.17, 15) is 4.79 Å². The van der Waals surface area contributed by atoms with Gasteiger partial charge in [0.25, 0.3) is 5.91 Å². The average molecular weight is 284 g/mol. The summed E-state index contributed by atoms with van der Waals surface area (Å²) in [6.07, 6.45) is 4.19. The summed E-state index contributed by atoms with van der Waals surface area (Å²) in [5, 5.41) is 0. The van der Waals surface area contributed by atoms with Crippen LogP contribution in [0.15, 0.2) is 42.6 Å². The van der Waals surface area contributed by atoms with Crippen molar-refractivity contribution in [2.24, 2.45) is 7.05 Å². The summed E-state index contributed by atoms with van der Waals surface area (Å²) in [5.74, 6) is 0.691. The molecule has 0 atom stereocenters. The van der Waals surface area contributed by atoms with Crippen molar-refractivity contribution in [2.75, 3.05) is 7.11 Å². The number of ether oxygens (including phenoxy) is 1. The van der Waals surface area contributed by atoms with Gasteiger partial charge in [-0.3, -0.25) is 4.79 Å². The van der Waals surface area contributed by atoms with Gasteiger partial charge in [-0.25, -0.2) is 0 Å². The standard InChI is InChI=1S/C17H20N2O2/c1-18-11-5-6-14(18)12-19(13-9-10-13)17(20)15-7-3-4-8-16(15)21-2/h3-8,11,13H,9-10,12H2,1-2H3. The van der Waals surface area contributed by atoms with Crippen molar-refractivity contribution in [3.8, 4) is 5.75 Å². The Kier molecular flexibility index (Phi) is 3.69. The van der Waals surface area contributed by atoms with Crippen LogP contribution in [0.1, 0.15) is 28.9 Å². The third-order valence-corrected chi connectivity index (χ3v) is 3.97. The molecular formula is C17H20N2O2. The first kappa shape index (κ1) is 13.7. The van der Waals surface area contributed by atoms with Gasteiger partial charge in [-0.1, -0.05) is 12.1 Å². The maximum Gasteiger partial charge on any atom is 0.258 e. The van der Waals surface area contributed by atoms with Crippen LogP contribution in [0.2, 0.25) is 0 Å². The molecule has 1 aromatic carbocycles. The largest absolute Gasteiger partial charge is 0.496 e. The second kappa shape index (κ2) is 5.64. The normalized spacial score (nSPS) is 14.0. The molecule has 2 aromatic rings. The van der Waals surface area contributed by atoms with Crippen LogP contribution < -0.4 is 4.74 Å². The van der Waals surface area contributed by atoms with Gasteiger partial charge in [0.15, 0.2) is 0 Å². The number of rotatable bonds is 5. The van der Waals surface area contributed by atoms with E-state index in [4.69, 9.17) is 4.74 Å². The lowest BCUT2D eigenvalue weighted by Gasteiger charge is -2.23. The molecule has 0 N–H and O–H groups in total. The summed E-state index contributed by atoms with van der Waals surface area (Å²) in [6.45, 7) is 0.644. The zero-order valence-corrected chi connectivity index (χ0v) is 12.5. The first-order valence-corrected chi connectivity index (χ1v) is 7.25. The molecule has 1 fully saturated rings. The van der Waals surface area contributed by atoms with E-state index in [1.807, 2.05) is 48.5 Å². The smallest absolute Gasteiger partial charge is 0.258 e. The molecule has 3 rings (SSSR count). The van der Waals surface area contributed by atoms with Crippen LogP contribution in [-0.2, 0) is 13.6 Å². The van der Waals surface area contributed by atoms with E-state index in [0.717, 1.165) is 18.5 Å². The highest BCUT2D eigenvalue weighted by Crippen LogP contribution is 2.31. The number of para-hydroxylation sites is 1. The van der Waals surface area contributed by atoms with Crippen LogP contribution in [0.25, 0.3) is 0 Å². The van der Waals surface area contributed by atoms with Gasteiger partial charge in [0, 0.05) is 25.0 Å². The monoisotopic (exact) mass is 284 g/mol. The van der Waals surface area contributed by atoms with Crippen molar-refractivity contribution >= 4 is 5.91 Å². The maximum absolute atomic E-state index is 12.9. The van der Waals surface area contributed by atoms with Crippen molar-refractivity contribution in [1.29, 1.82) is 0 Å². The number of carbonyl (C=O) groups excluding carboxylic acids is 1. The second-order valence-electron chi connectivity index (χ2n) is 5.47. The van der Waals surface area contributed by atoms with Gasteiger partial charge < -0.3 is 14.2 Å². The number of aromatic nitrogens is 1. The summed E-state index contributed by atoms with van der Waals surface area (Å²) in [6, 6.07) is 11.9. The van der Waals surface area contributed by atoms with Gasteiger partial charge in [0.1, 0.15) is 5.75 Å². The molecule has 0 radical (unpaired) electrons. The molecule has 4 heteroatoms. The Morgan fingerprint density at radius 2 is 2.05 bits per heavy atom. The molecule has 0 saturated heterocycles. The Morgan fingerprint density at radius 3 is 2.67 bits per heavy atom. The van der Waals surface area contributed by atoms with E-state index in [2.05, 4.69) is 10.6 Å². The summed E-state index contributed by atoms with van der Waals surface area (Å²) >= 11 is 0. The van der Waals surface area contributed by atoms with E-state index >= 15 is 0 Å². The number of carbonyl (C=O) groups is 1. The topological polar surface area (TPSA) is 34.5 Å². The van der Waals surface area contributed by atoms with Crippen LogP contribution in [-0.4, -0.2) is 28.5 Å². The van der Waals surface area contributed by atoms with Gasteiger partial charge in [0.05, 0.1) is 19.2 Å². The van der Waals surface area contributed by atoms with Crippen LogP contribution in [0, 0.1) is 0 Å². The number of benzene rings is 1. The van der Waals surface area contributed by atoms with E-state index in [-0.39, 0.29) is 5.91 Å². The van der Waals surface area contributed by atoms with Crippen molar-refractivity contribution < 1.29 is 9.53 Å². The van der Waals surface area contributed by atoms with Gasteiger partial charge in [-0.05, 0) is 37.1 Å². The third-order valence-electron chi connectivity index (χ3n) is 3.97. The molecule has 0 spiro atoms. The number of amides is 1. The number of hydrogen-bond donors (Lipinski definition) is 0. The van der Waals surface area contributed by atoms with Gasteiger partial charge in [-0.2, -0.15) is 0 Å². The predicted octanol–water partition coefficient (Wildman–Crippen LogP) is 2.84. The first-order chi connectivity index (χ1) is 10.2. The van der Waals surface area contributed by atoms with Crippen molar-refractivity contribution in [3.05, 3.63) is 53.9 Å². The average Bonchev–Trinajstić information content (AvgIpc) is 3.27. The second-order valence-corrected chi connectivity index (χ2v) is 5.47. The van der Waals surface area contributed by atoms with Crippen LogP contribution in [0.5, 0.6) is 5.75 Å². The molecule has 1 amide bonds. The Balaban J connectivity index is 1.87. The predicted molar refractivity (Wildman–Crippen MR) is 81.3 cm³/mol. The quantitative estimate of drug-likeness (QED) is 0.846. The highest BCUT2D eigenvalue weighted by molar-refractivity contribution is 5.97. The first-order valence-electron chi connectivity index (χ1n) is 7.25. The van der Waals surface area contributed by atoms with Crippen molar-refractivity contribution in [3.63, 3.8) is 0 Å². The molecule has 0 unspecified atom stereocenters. The molecule has 0 aliphatic heterocycles. The van der Waals surface area contributed by atoms with Crippen molar-refractivity contribution in [1.82, 2.24) is 9.47 Å². The molecule has 1 aliphatic carbocycles. The fourth-order valence-corrected chi connectivity index (χ4v) is 2.56. The molecule has 1 aliphatic rings. The lowest BCUT2D eigenvalue weighted by Crippen LogP contribution is -2.33. The molecule has 110 valence electrons. The minimum Gasteiger partial charge on any atom is -0.496 e. The van der Waals surface area contributed by atoms with E-state index < -0.39 is 0 Å². The van der Waals surface area contributed by atoms with E-state index in [1.54, 1.807) is 7.11 Å². The minimum absolute atomic E-state index is 0.0520. The lowest BCUT2D eigenvalue weighted by molar-refractivity contribution is 0.0723. The fourth-order valence-electron chi connectivity index (χ4n) is 2.56. The zero-order chi connectivity index (χ0) is 14.8. The van der Waals surface area contributed by atoms with Gasteiger partial charge in [-0.15, -0.1) is 0 Å². The molecule has 1 saturated carbocycles. The van der Waals surface area contributed by atoms with Crippen LogP contribution in [0.4, 0.5) is 0 Å². The summed E-state index contributed by atoms with van der Waals surface area (Å²) < 4.78 is 7.38. The molecule has 1 heterocycles. The maximum atomic E-state index is 12.9. The van der Waals surface area contributed by atoms with Crippen molar-refractivity contribution in [2.45, 2.75) is 25.4 Å². The number of hydrogen-bond acceptors (Lipinski definition) is 2. The van der Waals surface area contributed by atoms with Crippen LogP contribution in [0.3, 0.4) is 0 Å². The summed E-state index contributed by atoms with van der Waals surface area (Å²) in [7, 11) is 3.61. The summed E-state index contributed by atoms with van der Waals surface area (Å²) in [5.41, 5.74) is 1.78. The number of methoxy groups -OCH3 is 1.